The van der Waals surface area contributed by atoms with Gasteiger partial charge in [0.1, 0.15) is 0 Å². The molecule has 36 heavy (non-hydrogen) atoms. The van der Waals surface area contributed by atoms with Gasteiger partial charge < -0.3 is 14.8 Å². The highest BCUT2D eigenvalue weighted by Gasteiger charge is 2.34. The van der Waals surface area contributed by atoms with Crippen molar-refractivity contribution in [1.82, 2.24) is 14.8 Å². The van der Waals surface area contributed by atoms with Crippen molar-refractivity contribution in [3.8, 4) is 28.2 Å². The van der Waals surface area contributed by atoms with E-state index in [2.05, 4.69) is 5.32 Å². The molecule has 0 aliphatic rings. The molecule has 0 spiro atoms. The number of halogens is 4. The molecule has 0 unspecified atom stereocenters. The number of hydrogen-bond acceptors (Lipinski definition) is 2. The molecule has 0 atom stereocenters. The number of carbonyl (C=O) groups excluding carboxylic acids is 1. The average Bonchev–Trinajstić information content (AvgIpc) is 3.28. The number of carbonyl (C=O) groups is 1. The minimum absolute atomic E-state index is 0.0298. The Bertz CT molecular complexity index is 1360. The van der Waals surface area contributed by atoms with Gasteiger partial charge in [-0.1, -0.05) is 54.1 Å². The molecule has 1 heterocycles. The standard InChI is InChI=1S/C28H25ClF3N3O/c1-34(2)18-17-33-27(36)22-8-4-3-7-21(22)25-16-15-24(19-11-13-20(29)14-12-19)35(25)26-10-6-5-9-23(26)28(30,31)32/h3-16H,17-18H2,1-2H3,(H,33,36). The Labute approximate surface area is 212 Å². The van der Waals surface area contributed by atoms with Gasteiger partial charge in [-0.05, 0) is 62.1 Å². The number of nitrogens with zero attached hydrogens (tertiary/aromatic N) is 2. The summed E-state index contributed by atoms with van der Waals surface area (Å²) in [6, 6.07) is 22.7. The normalized spacial score (nSPS) is 11.6. The average molecular weight is 512 g/mol. The molecule has 4 rings (SSSR count). The number of nitrogens with one attached hydrogen (secondary N) is 1. The first kappa shape index (κ1) is 25.5. The third-order valence-corrected chi connectivity index (χ3v) is 6.02. The fourth-order valence-corrected chi connectivity index (χ4v) is 4.18. The molecule has 1 amide bonds. The zero-order valence-electron chi connectivity index (χ0n) is 19.8. The van der Waals surface area contributed by atoms with Crippen LogP contribution in [-0.4, -0.2) is 42.6 Å². The lowest BCUT2D eigenvalue weighted by molar-refractivity contribution is -0.137. The summed E-state index contributed by atoms with van der Waals surface area (Å²) in [5.74, 6) is -0.294. The summed E-state index contributed by atoms with van der Waals surface area (Å²) in [7, 11) is 3.81. The summed E-state index contributed by atoms with van der Waals surface area (Å²) in [6.07, 6.45) is -4.57. The minimum atomic E-state index is -4.57. The van der Waals surface area contributed by atoms with E-state index in [1.165, 1.54) is 12.1 Å². The van der Waals surface area contributed by atoms with Gasteiger partial charge >= 0.3 is 6.18 Å². The van der Waals surface area contributed by atoms with Crippen LogP contribution in [-0.2, 0) is 6.18 Å². The molecule has 1 N–H and O–H groups in total. The zero-order valence-corrected chi connectivity index (χ0v) is 20.6. The molecular weight excluding hydrogens is 487 g/mol. The molecule has 186 valence electrons. The third kappa shape index (κ3) is 5.48. The lowest BCUT2D eigenvalue weighted by atomic mass is 10.0. The van der Waals surface area contributed by atoms with E-state index in [0.717, 1.165) is 6.07 Å². The van der Waals surface area contributed by atoms with E-state index in [1.807, 2.05) is 19.0 Å². The Hall–Kier alpha value is -3.55. The molecule has 3 aromatic carbocycles. The van der Waals surface area contributed by atoms with Crippen LogP contribution in [0.1, 0.15) is 15.9 Å². The van der Waals surface area contributed by atoms with Crippen molar-refractivity contribution in [2.75, 3.05) is 27.2 Å². The largest absolute Gasteiger partial charge is 0.418 e. The van der Waals surface area contributed by atoms with E-state index in [0.29, 0.717) is 46.2 Å². The van der Waals surface area contributed by atoms with E-state index in [1.54, 1.807) is 71.3 Å². The summed E-state index contributed by atoms with van der Waals surface area (Å²) >= 11 is 6.06. The molecule has 0 saturated carbocycles. The molecule has 4 aromatic rings. The maximum atomic E-state index is 14.1. The fraction of sp³-hybridized carbons (Fsp3) is 0.179. The summed E-state index contributed by atoms with van der Waals surface area (Å²) in [4.78, 5) is 15.0. The maximum Gasteiger partial charge on any atom is 0.418 e. The van der Waals surface area contributed by atoms with Gasteiger partial charge in [-0.15, -0.1) is 0 Å². The van der Waals surface area contributed by atoms with Crippen molar-refractivity contribution in [3.63, 3.8) is 0 Å². The van der Waals surface area contributed by atoms with E-state index in [4.69, 9.17) is 11.6 Å². The van der Waals surface area contributed by atoms with Crippen LogP contribution in [0.15, 0.2) is 84.9 Å². The summed E-state index contributed by atoms with van der Waals surface area (Å²) in [6.45, 7) is 1.10. The predicted octanol–water partition coefficient (Wildman–Crippen LogP) is 6.77. The molecule has 0 saturated heterocycles. The lowest BCUT2D eigenvalue weighted by Gasteiger charge is -2.20. The first-order valence-corrected chi connectivity index (χ1v) is 11.7. The van der Waals surface area contributed by atoms with Crippen LogP contribution in [0.25, 0.3) is 28.2 Å². The molecule has 0 aliphatic heterocycles. The smallest absolute Gasteiger partial charge is 0.351 e. The van der Waals surface area contributed by atoms with Crippen LogP contribution in [0.3, 0.4) is 0 Å². The third-order valence-electron chi connectivity index (χ3n) is 5.76. The SMILES string of the molecule is CN(C)CCNC(=O)c1ccccc1-c1ccc(-c2ccc(Cl)cc2)n1-c1ccccc1C(F)(F)F. The van der Waals surface area contributed by atoms with Crippen LogP contribution in [0.5, 0.6) is 0 Å². The molecule has 8 heteroatoms. The number of amides is 1. The van der Waals surface area contributed by atoms with Crippen molar-refractivity contribution >= 4 is 17.5 Å². The Morgan fingerprint density at radius 2 is 1.53 bits per heavy atom. The van der Waals surface area contributed by atoms with E-state index < -0.39 is 11.7 Å². The minimum Gasteiger partial charge on any atom is -0.351 e. The topological polar surface area (TPSA) is 37.3 Å². The highest BCUT2D eigenvalue weighted by Crippen LogP contribution is 2.40. The molecule has 0 aliphatic carbocycles. The van der Waals surface area contributed by atoms with Crippen LogP contribution < -0.4 is 5.32 Å². The van der Waals surface area contributed by atoms with E-state index >= 15 is 0 Å². The number of benzene rings is 3. The first-order valence-electron chi connectivity index (χ1n) is 11.3. The second kappa shape index (κ2) is 10.6. The first-order chi connectivity index (χ1) is 17.2. The summed E-state index contributed by atoms with van der Waals surface area (Å²) < 4.78 is 43.8. The Balaban J connectivity index is 1.92. The van der Waals surface area contributed by atoms with Gasteiger partial charge in [0.15, 0.2) is 0 Å². The fourth-order valence-electron chi connectivity index (χ4n) is 4.05. The van der Waals surface area contributed by atoms with Gasteiger partial charge in [0.05, 0.1) is 22.6 Å². The Morgan fingerprint density at radius 1 is 0.889 bits per heavy atom. The quantitative estimate of drug-likeness (QED) is 0.297. The lowest BCUT2D eigenvalue weighted by Crippen LogP contribution is -2.31. The van der Waals surface area contributed by atoms with Crippen LogP contribution >= 0.6 is 11.6 Å². The molecule has 0 radical (unpaired) electrons. The number of alkyl halides is 3. The highest BCUT2D eigenvalue weighted by molar-refractivity contribution is 6.30. The van der Waals surface area contributed by atoms with Crippen LogP contribution in [0, 0.1) is 0 Å². The van der Waals surface area contributed by atoms with Gasteiger partial charge in [-0.25, -0.2) is 0 Å². The van der Waals surface area contributed by atoms with E-state index in [9.17, 15) is 18.0 Å². The van der Waals surface area contributed by atoms with E-state index in [-0.39, 0.29) is 11.6 Å². The Kier molecular flexibility index (Phi) is 7.52. The summed E-state index contributed by atoms with van der Waals surface area (Å²) in [5.41, 5.74) is 1.80. The number of hydrogen-bond donors (Lipinski definition) is 1. The Morgan fingerprint density at radius 3 is 2.22 bits per heavy atom. The van der Waals surface area contributed by atoms with Gasteiger partial charge in [0.25, 0.3) is 5.91 Å². The second-order valence-electron chi connectivity index (χ2n) is 8.57. The predicted molar refractivity (Wildman–Crippen MR) is 138 cm³/mol. The van der Waals surface area contributed by atoms with Crippen LogP contribution in [0.2, 0.25) is 5.02 Å². The highest BCUT2D eigenvalue weighted by atomic mass is 35.5. The second-order valence-corrected chi connectivity index (χ2v) is 9.00. The van der Waals surface area contributed by atoms with Crippen LogP contribution in [0.4, 0.5) is 13.2 Å². The maximum absolute atomic E-state index is 14.1. The molecule has 0 fully saturated rings. The number of para-hydroxylation sites is 1. The monoisotopic (exact) mass is 511 g/mol. The molecule has 1 aromatic heterocycles. The molecule has 4 nitrogen and oxygen atoms in total. The number of likely N-dealkylation sites (N-methyl/N-ethyl adjacent to an activating group) is 1. The zero-order chi connectivity index (χ0) is 25.9. The van der Waals surface area contributed by atoms with Crippen molar-refractivity contribution in [2.45, 2.75) is 6.18 Å². The van der Waals surface area contributed by atoms with Gasteiger partial charge in [-0.2, -0.15) is 13.2 Å². The van der Waals surface area contributed by atoms with Crippen molar-refractivity contribution in [2.24, 2.45) is 0 Å². The summed E-state index contributed by atoms with van der Waals surface area (Å²) in [5, 5.41) is 3.42. The molecule has 0 bridgehead atoms. The van der Waals surface area contributed by atoms with Crippen molar-refractivity contribution in [1.29, 1.82) is 0 Å². The van der Waals surface area contributed by atoms with Gasteiger partial charge in [0, 0.05) is 29.2 Å². The number of aromatic nitrogens is 1. The van der Waals surface area contributed by atoms with Gasteiger partial charge in [-0.3, -0.25) is 4.79 Å². The molecular formula is C28H25ClF3N3O. The van der Waals surface area contributed by atoms with Crippen molar-refractivity contribution in [3.05, 3.63) is 101 Å². The number of rotatable bonds is 7. The van der Waals surface area contributed by atoms with Gasteiger partial charge in [0.2, 0.25) is 0 Å². The van der Waals surface area contributed by atoms with Crippen molar-refractivity contribution < 1.29 is 18.0 Å².